The molecule has 0 bridgehead atoms. The third-order valence-corrected chi connectivity index (χ3v) is 1.75. The molecule has 0 rings (SSSR count). The predicted molar refractivity (Wildman–Crippen MR) is 49.9 cm³/mol. The molecule has 3 nitrogen and oxygen atoms in total. The fourth-order valence-corrected chi connectivity index (χ4v) is 0.913. The van der Waals surface area contributed by atoms with Crippen LogP contribution in [0.4, 0.5) is 0 Å². The van der Waals surface area contributed by atoms with Gasteiger partial charge in [0.25, 0.3) is 0 Å². The Kier molecular flexibility index (Phi) is 6.34. The van der Waals surface area contributed by atoms with Gasteiger partial charge in [0.05, 0.1) is 6.04 Å². The molecule has 74 valence electrons. The first kappa shape index (κ1) is 11.9. The van der Waals surface area contributed by atoms with E-state index in [0.717, 1.165) is 0 Å². The Morgan fingerprint density at radius 3 is 1.75 bits per heavy atom. The maximum atomic E-state index is 5.88. The van der Waals surface area contributed by atoms with Gasteiger partial charge in [-0.2, -0.15) is 0 Å². The second kappa shape index (κ2) is 6.40. The highest BCUT2D eigenvalue weighted by atomic mass is 16.7. The monoisotopic (exact) mass is 175 g/mol. The molecule has 12 heavy (non-hydrogen) atoms. The minimum atomic E-state index is -0.250. The van der Waals surface area contributed by atoms with Crippen molar-refractivity contribution < 1.29 is 9.47 Å². The Bertz CT molecular complexity index is 101. The van der Waals surface area contributed by atoms with Gasteiger partial charge in [-0.25, -0.2) is 0 Å². The molecule has 0 aromatic carbocycles. The van der Waals surface area contributed by atoms with Crippen LogP contribution in [0.5, 0.6) is 0 Å². The molecule has 0 aliphatic heterocycles. The van der Waals surface area contributed by atoms with Gasteiger partial charge >= 0.3 is 0 Å². The van der Waals surface area contributed by atoms with Crippen molar-refractivity contribution in [1.82, 2.24) is 0 Å². The molecule has 0 saturated heterocycles. The second-order valence-electron chi connectivity index (χ2n) is 3.10. The molecule has 3 heteroatoms. The molecular formula is C9H21NO2. The summed E-state index contributed by atoms with van der Waals surface area (Å²) in [6.45, 7) is 9.31. The van der Waals surface area contributed by atoms with Gasteiger partial charge < -0.3 is 15.2 Å². The van der Waals surface area contributed by atoms with Crippen LogP contribution in [-0.2, 0) is 9.47 Å². The molecule has 0 aliphatic carbocycles. The summed E-state index contributed by atoms with van der Waals surface area (Å²) in [6.07, 6.45) is -0.250. The number of rotatable bonds is 6. The summed E-state index contributed by atoms with van der Waals surface area (Å²) < 4.78 is 10.7. The van der Waals surface area contributed by atoms with Crippen molar-refractivity contribution in [2.24, 2.45) is 11.7 Å². The highest BCUT2D eigenvalue weighted by molar-refractivity contribution is 4.69. The molecule has 0 spiro atoms. The first-order valence-electron chi connectivity index (χ1n) is 4.62. The largest absolute Gasteiger partial charge is 0.351 e. The molecule has 0 aliphatic rings. The first-order chi connectivity index (χ1) is 5.63. The Balaban J connectivity index is 3.89. The quantitative estimate of drug-likeness (QED) is 0.620. The molecule has 0 saturated carbocycles. The molecular weight excluding hydrogens is 154 g/mol. The van der Waals surface area contributed by atoms with Crippen molar-refractivity contribution in [2.45, 2.75) is 40.0 Å². The van der Waals surface area contributed by atoms with Crippen molar-refractivity contribution >= 4 is 0 Å². The lowest BCUT2D eigenvalue weighted by Gasteiger charge is -2.25. The van der Waals surface area contributed by atoms with E-state index < -0.39 is 0 Å². The molecule has 0 amide bonds. The predicted octanol–water partition coefficient (Wildman–Crippen LogP) is 1.37. The van der Waals surface area contributed by atoms with Gasteiger partial charge in [0.15, 0.2) is 6.29 Å². The zero-order valence-electron chi connectivity index (χ0n) is 8.54. The summed E-state index contributed by atoms with van der Waals surface area (Å²) in [6, 6.07) is -0.0371. The van der Waals surface area contributed by atoms with Crippen molar-refractivity contribution in [3.05, 3.63) is 0 Å². The van der Waals surface area contributed by atoms with Gasteiger partial charge in [-0.15, -0.1) is 0 Å². The number of ether oxygens (including phenoxy) is 2. The summed E-state index contributed by atoms with van der Waals surface area (Å²) in [5.74, 6) is 0.382. The Labute approximate surface area is 75.2 Å². The number of hydrogen-bond donors (Lipinski definition) is 1. The van der Waals surface area contributed by atoms with Crippen LogP contribution in [0, 0.1) is 5.92 Å². The van der Waals surface area contributed by atoms with Crippen LogP contribution < -0.4 is 5.73 Å². The number of hydrogen-bond acceptors (Lipinski definition) is 3. The fraction of sp³-hybridized carbons (Fsp3) is 1.00. The summed E-state index contributed by atoms with van der Waals surface area (Å²) in [7, 11) is 0. The average Bonchev–Trinajstić information content (AvgIpc) is 2.03. The molecule has 0 radical (unpaired) electrons. The first-order valence-corrected chi connectivity index (χ1v) is 4.62. The average molecular weight is 175 g/mol. The molecule has 0 unspecified atom stereocenters. The Morgan fingerprint density at radius 2 is 1.50 bits per heavy atom. The SMILES string of the molecule is CCOC(OCC)[C@@H](N)C(C)C. The highest BCUT2D eigenvalue weighted by Crippen LogP contribution is 2.08. The lowest BCUT2D eigenvalue weighted by molar-refractivity contribution is -0.154. The zero-order chi connectivity index (χ0) is 9.56. The molecule has 0 aromatic heterocycles. The minimum Gasteiger partial charge on any atom is -0.351 e. The van der Waals surface area contributed by atoms with Crippen LogP contribution in [0.25, 0.3) is 0 Å². The minimum absolute atomic E-state index is 0.0371. The maximum Gasteiger partial charge on any atom is 0.172 e. The fourth-order valence-electron chi connectivity index (χ4n) is 0.913. The van der Waals surface area contributed by atoms with Gasteiger partial charge in [0, 0.05) is 13.2 Å². The zero-order valence-corrected chi connectivity index (χ0v) is 8.54. The van der Waals surface area contributed by atoms with Gasteiger partial charge in [0.1, 0.15) is 0 Å². The van der Waals surface area contributed by atoms with E-state index in [1.165, 1.54) is 0 Å². The molecule has 0 heterocycles. The van der Waals surface area contributed by atoms with E-state index in [-0.39, 0.29) is 12.3 Å². The summed E-state index contributed by atoms with van der Waals surface area (Å²) in [5.41, 5.74) is 5.88. The Morgan fingerprint density at radius 1 is 1.08 bits per heavy atom. The van der Waals surface area contributed by atoms with Crippen LogP contribution in [0.3, 0.4) is 0 Å². The van der Waals surface area contributed by atoms with Gasteiger partial charge in [0.2, 0.25) is 0 Å². The molecule has 0 aromatic rings. The molecule has 1 atom stereocenters. The Hall–Kier alpha value is -0.120. The van der Waals surface area contributed by atoms with Gasteiger partial charge in [-0.3, -0.25) is 0 Å². The van der Waals surface area contributed by atoms with Crippen molar-refractivity contribution in [3.63, 3.8) is 0 Å². The van der Waals surface area contributed by atoms with Crippen molar-refractivity contribution in [3.8, 4) is 0 Å². The van der Waals surface area contributed by atoms with Crippen LogP contribution >= 0.6 is 0 Å². The molecule has 2 N–H and O–H groups in total. The van der Waals surface area contributed by atoms with E-state index in [4.69, 9.17) is 15.2 Å². The van der Waals surface area contributed by atoms with Crippen molar-refractivity contribution in [2.75, 3.05) is 13.2 Å². The van der Waals surface area contributed by atoms with Crippen LogP contribution in [0.2, 0.25) is 0 Å². The van der Waals surface area contributed by atoms with Gasteiger partial charge in [-0.05, 0) is 19.8 Å². The standard InChI is InChI=1S/C9H21NO2/c1-5-11-9(12-6-2)8(10)7(3)4/h7-9H,5-6,10H2,1-4H3/t8-/m0/s1. The number of nitrogens with two attached hydrogens (primary N) is 1. The van der Waals surface area contributed by atoms with E-state index in [9.17, 15) is 0 Å². The van der Waals surface area contributed by atoms with Gasteiger partial charge in [-0.1, -0.05) is 13.8 Å². The molecule has 0 fully saturated rings. The third-order valence-electron chi connectivity index (χ3n) is 1.75. The summed E-state index contributed by atoms with van der Waals surface area (Å²) in [4.78, 5) is 0. The van der Waals surface area contributed by atoms with E-state index in [1.807, 2.05) is 13.8 Å². The lowest BCUT2D eigenvalue weighted by atomic mass is 10.1. The van der Waals surface area contributed by atoms with Crippen molar-refractivity contribution in [1.29, 1.82) is 0 Å². The summed E-state index contributed by atoms with van der Waals surface area (Å²) >= 11 is 0. The van der Waals surface area contributed by atoms with E-state index in [1.54, 1.807) is 0 Å². The normalized spacial score (nSPS) is 14.2. The maximum absolute atomic E-state index is 5.88. The van der Waals surface area contributed by atoms with E-state index >= 15 is 0 Å². The second-order valence-corrected chi connectivity index (χ2v) is 3.10. The lowest BCUT2D eigenvalue weighted by Crippen LogP contribution is -2.42. The third kappa shape index (κ3) is 4.04. The summed E-state index contributed by atoms with van der Waals surface area (Å²) in [5, 5.41) is 0. The van der Waals surface area contributed by atoms with Crippen LogP contribution in [-0.4, -0.2) is 25.5 Å². The van der Waals surface area contributed by atoms with Crippen LogP contribution in [0.15, 0.2) is 0 Å². The van der Waals surface area contributed by atoms with Crippen LogP contribution in [0.1, 0.15) is 27.7 Å². The van der Waals surface area contributed by atoms with E-state index in [2.05, 4.69) is 13.8 Å². The highest BCUT2D eigenvalue weighted by Gasteiger charge is 2.20. The smallest absolute Gasteiger partial charge is 0.172 e. The topological polar surface area (TPSA) is 44.5 Å². The van der Waals surface area contributed by atoms with E-state index in [0.29, 0.717) is 19.1 Å².